The van der Waals surface area contributed by atoms with Crippen LogP contribution in [0.3, 0.4) is 0 Å². The lowest BCUT2D eigenvalue weighted by molar-refractivity contribution is 0.0224. The first-order valence-corrected chi connectivity index (χ1v) is 41.1. The lowest BCUT2D eigenvalue weighted by atomic mass is 9.75. The van der Waals surface area contributed by atoms with E-state index in [4.69, 9.17) is 0 Å². The Morgan fingerprint density at radius 1 is 0.211 bits per heavy atom. The molecule has 8 heterocycles. The van der Waals surface area contributed by atoms with Crippen molar-refractivity contribution in [3.63, 3.8) is 0 Å². The molecule has 0 saturated carbocycles. The molecule has 0 amide bonds. The Morgan fingerprint density at radius 3 is 0.474 bits per heavy atom. The first-order chi connectivity index (χ1) is 43.1. The highest BCUT2D eigenvalue weighted by Gasteiger charge is 2.36. The number of hydrogen-bond donors (Lipinski definition) is 0. The Labute approximate surface area is 607 Å². The summed E-state index contributed by atoms with van der Waals surface area (Å²) in [5.41, 5.74) is 3.81. The van der Waals surface area contributed by atoms with Crippen molar-refractivity contribution < 1.29 is 0 Å². The highest BCUT2D eigenvalue weighted by atomic mass is 15.3. The minimum Gasteiger partial charge on any atom is -0.301 e. The van der Waals surface area contributed by atoms with E-state index >= 15 is 0 Å². The number of hydrogen-bond acceptors (Lipinski definition) is 8. The summed E-state index contributed by atoms with van der Waals surface area (Å²) < 4.78 is 0. The highest BCUT2D eigenvalue weighted by molar-refractivity contribution is 4.91. The molecule has 0 aromatic heterocycles. The van der Waals surface area contributed by atoms with Gasteiger partial charge in [-0.05, 0) is 295 Å². The van der Waals surface area contributed by atoms with Crippen molar-refractivity contribution in [1.29, 1.82) is 0 Å². The summed E-state index contributed by atoms with van der Waals surface area (Å²) in [5.74, 6) is 7.42. The molecule has 95 heavy (non-hydrogen) atoms. The molecule has 8 rings (SSSR count). The van der Waals surface area contributed by atoms with Gasteiger partial charge in [-0.2, -0.15) is 0 Å². The van der Waals surface area contributed by atoms with Crippen LogP contribution in [0.1, 0.15) is 364 Å². The maximum atomic E-state index is 2.62. The molecular formula is C87H194N8. The molecular weight excluding hydrogens is 1160 g/mol. The van der Waals surface area contributed by atoms with Gasteiger partial charge in [0.05, 0.1) is 0 Å². The molecule has 8 fully saturated rings. The van der Waals surface area contributed by atoms with Gasteiger partial charge < -0.3 is 4.90 Å². The first-order valence-electron chi connectivity index (χ1n) is 41.1. The number of likely N-dealkylation sites (tertiary alicyclic amines) is 8. The van der Waals surface area contributed by atoms with Crippen LogP contribution in [-0.2, 0) is 0 Å². The SMILES string of the molecule is CC.CC.CC.CC.CC.CC.CC(C)(C)C1CCN(C(C)(C)C)CC1.CC(C)N1CCC(C(C)(C)C)CC1.CC1CN(C(C)(C)C)C1.CC1CN(C(C)(C)C)C1.CC1CN(C(C)(C)C)C1.CC1CN(C(C)(C)C)C1.C[C@@H]1CCN(C(C)(C)C)C1.C[C@H]1CCN(C(C)(C)C)C1. The molecule has 0 N–H and O–H groups in total. The van der Waals surface area contributed by atoms with Crippen LogP contribution < -0.4 is 0 Å². The second kappa shape index (κ2) is 50.1. The van der Waals surface area contributed by atoms with E-state index in [1.807, 2.05) is 83.1 Å². The average molecular weight is 1350 g/mol. The topological polar surface area (TPSA) is 25.9 Å². The minimum absolute atomic E-state index is 0.364. The molecule has 8 saturated heterocycles. The van der Waals surface area contributed by atoms with Crippen LogP contribution in [0.15, 0.2) is 0 Å². The molecule has 8 heteroatoms. The molecule has 582 valence electrons. The third-order valence-electron chi connectivity index (χ3n) is 19.9. The molecule has 0 aromatic carbocycles. The van der Waals surface area contributed by atoms with Crippen molar-refractivity contribution in [2.24, 2.45) is 58.2 Å². The van der Waals surface area contributed by atoms with Crippen molar-refractivity contribution in [2.45, 2.75) is 409 Å². The molecule has 0 spiro atoms. The molecule has 0 radical (unpaired) electrons. The van der Waals surface area contributed by atoms with Crippen molar-refractivity contribution >= 4 is 0 Å². The Hall–Kier alpha value is -0.320. The molecule has 8 nitrogen and oxygen atoms in total. The molecule has 0 unspecified atom stereocenters. The van der Waals surface area contributed by atoms with E-state index < -0.39 is 0 Å². The zero-order valence-electron chi connectivity index (χ0n) is 75.8. The molecule has 0 aliphatic carbocycles. The van der Waals surface area contributed by atoms with Crippen LogP contribution in [0.2, 0.25) is 0 Å². The van der Waals surface area contributed by atoms with Crippen molar-refractivity contribution in [1.82, 2.24) is 39.2 Å². The minimum atomic E-state index is 0.364. The summed E-state index contributed by atoms with van der Waals surface area (Å²) in [6.45, 7) is 126. The van der Waals surface area contributed by atoms with Crippen LogP contribution in [0.25, 0.3) is 0 Å². The van der Waals surface area contributed by atoms with E-state index in [-0.39, 0.29) is 0 Å². The lowest BCUT2D eigenvalue weighted by Gasteiger charge is -2.46. The fourth-order valence-corrected chi connectivity index (χ4v) is 12.8. The summed E-state index contributed by atoms with van der Waals surface area (Å²) in [6, 6.07) is 0.737. The average Bonchev–Trinajstić information content (AvgIpc) is 1.73. The van der Waals surface area contributed by atoms with Gasteiger partial charge in [0.25, 0.3) is 0 Å². The molecule has 2 atom stereocenters. The van der Waals surface area contributed by atoms with Crippen LogP contribution in [0.5, 0.6) is 0 Å². The number of piperidine rings is 2. The largest absolute Gasteiger partial charge is 0.301 e. The predicted octanol–water partition coefficient (Wildman–Crippen LogP) is 24.1. The monoisotopic (exact) mass is 1350 g/mol. The van der Waals surface area contributed by atoms with E-state index in [9.17, 15) is 0 Å². The lowest BCUT2D eigenvalue weighted by Crippen LogP contribution is -2.54. The Balaban J connectivity index is -0.000000234. The zero-order valence-corrected chi connectivity index (χ0v) is 75.8. The fraction of sp³-hybridized carbons (Fsp3) is 1.00. The van der Waals surface area contributed by atoms with E-state index in [1.54, 1.807) is 0 Å². The van der Waals surface area contributed by atoms with Gasteiger partial charge >= 0.3 is 0 Å². The fourth-order valence-electron chi connectivity index (χ4n) is 12.8. The van der Waals surface area contributed by atoms with Crippen molar-refractivity contribution in [2.75, 3.05) is 105 Å². The quantitative estimate of drug-likeness (QED) is 0.256. The highest BCUT2D eigenvalue weighted by Crippen LogP contribution is 2.37. The van der Waals surface area contributed by atoms with Crippen molar-refractivity contribution in [3.8, 4) is 0 Å². The third kappa shape index (κ3) is 48.3. The Bertz CT molecular complexity index is 1520. The van der Waals surface area contributed by atoms with Gasteiger partial charge in [0, 0.05) is 110 Å². The van der Waals surface area contributed by atoms with E-state index in [1.165, 1.54) is 143 Å². The first kappa shape index (κ1) is 106. The van der Waals surface area contributed by atoms with Crippen LogP contribution in [0, 0.1) is 58.2 Å². The third-order valence-corrected chi connectivity index (χ3v) is 19.9. The van der Waals surface area contributed by atoms with Crippen LogP contribution in [-0.4, -0.2) is 189 Å². The molecule has 8 aliphatic rings. The van der Waals surface area contributed by atoms with Crippen LogP contribution >= 0.6 is 0 Å². The Morgan fingerprint density at radius 2 is 0.368 bits per heavy atom. The molecule has 0 bridgehead atoms. The van der Waals surface area contributed by atoms with E-state index in [0.29, 0.717) is 49.6 Å². The molecule has 8 aliphatic heterocycles. The maximum absolute atomic E-state index is 2.62. The van der Waals surface area contributed by atoms with Gasteiger partial charge in [0.15, 0.2) is 0 Å². The summed E-state index contributed by atoms with van der Waals surface area (Å²) in [5, 5.41) is 0. The number of rotatable bonds is 1. The zero-order chi connectivity index (χ0) is 76.9. The van der Waals surface area contributed by atoms with Gasteiger partial charge in [-0.25, -0.2) is 0 Å². The van der Waals surface area contributed by atoms with E-state index in [0.717, 1.165) is 53.4 Å². The number of nitrogens with zero attached hydrogens (tertiary/aromatic N) is 8. The van der Waals surface area contributed by atoms with Gasteiger partial charge in [-0.15, -0.1) is 0 Å². The molecule has 0 aromatic rings. The van der Waals surface area contributed by atoms with E-state index in [2.05, 4.69) is 282 Å². The van der Waals surface area contributed by atoms with Gasteiger partial charge in [0.2, 0.25) is 0 Å². The van der Waals surface area contributed by atoms with Gasteiger partial charge in [-0.3, -0.25) is 34.3 Å². The van der Waals surface area contributed by atoms with Gasteiger partial charge in [0.1, 0.15) is 0 Å². The summed E-state index contributed by atoms with van der Waals surface area (Å²) in [7, 11) is 0. The summed E-state index contributed by atoms with van der Waals surface area (Å²) in [6.07, 6.45) is 8.30. The summed E-state index contributed by atoms with van der Waals surface area (Å²) >= 11 is 0. The second-order valence-corrected chi connectivity index (χ2v) is 38.3. The maximum Gasteiger partial charge on any atom is 0.0125 e. The summed E-state index contributed by atoms with van der Waals surface area (Å²) in [4.78, 5) is 20.4. The predicted molar refractivity (Wildman–Crippen MR) is 443 cm³/mol. The Kier molecular flexibility index (Phi) is 55.8. The standard InChI is InChI=1S/C13H27N.C12H25N.2C9H19N.4C8H17N.6C2H6/c1-12(2,3)11-7-9-14(10-8-11)13(4,5)6;1-10(2)13-8-6-11(7-9-13)12(3,4)5;2*1-8-5-6-10(7-8)9(2,3)4;4*1-7-5-9(6-7)8(2,3)4;6*1-2/h11H,7-10H2,1-6H3;10-11H,6-9H2,1-5H3;2*8H,5-7H2,1-4H3;4*7H,5-6H2,1-4H3;6*1-2H3/t;;2*8-;;;;;;;;;;/m..10........../s1. The smallest absolute Gasteiger partial charge is 0.0125 e. The normalized spacial score (nSPS) is 22.1. The van der Waals surface area contributed by atoms with Crippen molar-refractivity contribution in [3.05, 3.63) is 0 Å². The van der Waals surface area contributed by atoms with Gasteiger partial charge in [-0.1, -0.05) is 166 Å². The van der Waals surface area contributed by atoms with Crippen LogP contribution in [0.4, 0.5) is 0 Å². The second-order valence-electron chi connectivity index (χ2n) is 38.3.